The minimum absolute atomic E-state index is 0.510. The zero-order valence-corrected chi connectivity index (χ0v) is 18.5. The molecule has 2 aromatic heterocycles. The SMILES string of the molecule is CSC[C@H]1O[C@@H](c2ccc(Cl)c(Cc3ncc(-c4ccco4)s3)c2)[C@H](O)[C@@H](O)[C@@H]1O. The largest absolute Gasteiger partial charge is 0.463 e. The first-order chi connectivity index (χ1) is 14.5. The fourth-order valence-corrected chi connectivity index (χ4v) is 5.22. The van der Waals surface area contributed by atoms with Gasteiger partial charge in [-0.25, -0.2) is 4.98 Å². The molecule has 1 aromatic carbocycles. The number of halogens is 1. The molecule has 0 unspecified atom stereocenters. The van der Waals surface area contributed by atoms with Crippen molar-refractivity contribution in [3.8, 4) is 10.6 Å². The van der Waals surface area contributed by atoms with E-state index in [9.17, 15) is 15.3 Å². The Bertz CT molecular complexity index is 980. The monoisotopic (exact) mass is 467 g/mol. The molecule has 0 amide bonds. The van der Waals surface area contributed by atoms with Gasteiger partial charge in [-0.1, -0.05) is 23.7 Å². The molecule has 0 radical (unpaired) electrons. The van der Waals surface area contributed by atoms with Gasteiger partial charge in [-0.2, -0.15) is 11.8 Å². The lowest BCUT2D eigenvalue weighted by Crippen LogP contribution is -2.54. The Balaban J connectivity index is 1.57. The van der Waals surface area contributed by atoms with E-state index in [1.165, 1.54) is 23.1 Å². The normalized spacial score (nSPS) is 26.8. The summed E-state index contributed by atoms with van der Waals surface area (Å²) in [6, 6.07) is 9.11. The van der Waals surface area contributed by atoms with E-state index >= 15 is 0 Å². The number of ether oxygens (including phenoxy) is 1. The van der Waals surface area contributed by atoms with Crippen LogP contribution < -0.4 is 0 Å². The lowest BCUT2D eigenvalue weighted by molar-refractivity contribution is -0.218. The molecule has 4 rings (SSSR count). The Labute approximate surface area is 187 Å². The summed E-state index contributed by atoms with van der Waals surface area (Å²) in [5.41, 5.74) is 1.54. The van der Waals surface area contributed by atoms with Crippen LogP contribution in [0.15, 0.2) is 47.2 Å². The summed E-state index contributed by atoms with van der Waals surface area (Å²) in [6.45, 7) is 0. The Morgan fingerprint density at radius 1 is 1.17 bits per heavy atom. The van der Waals surface area contributed by atoms with Gasteiger partial charge in [-0.3, -0.25) is 0 Å². The number of hydrogen-bond acceptors (Lipinski definition) is 8. The maximum absolute atomic E-state index is 10.5. The van der Waals surface area contributed by atoms with Crippen LogP contribution in [-0.2, 0) is 11.2 Å². The van der Waals surface area contributed by atoms with Gasteiger partial charge in [0.15, 0.2) is 0 Å². The van der Waals surface area contributed by atoms with Crippen LogP contribution in [0.3, 0.4) is 0 Å². The standard InChI is InChI=1S/C21H22ClNO5S2/c1-29-10-15-18(24)19(25)20(26)21(28-15)11-4-5-13(22)12(7-11)8-17-23-9-16(30-17)14-3-2-6-27-14/h2-7,9,15,18-21,24-26H,8,10H2,1H3/t15-,18-,19+,20-,21+/m1/s1. The van der Waals surface area contributed by atoms with Crippen molar-refractivity contribution >= 4 is 34.7 Å². The van der Waals surface area contributed by atoms with E-state index in [1.807, 2.05) is 24.5 Å². The molecular weight excluding hydrogens is 446 g/mol. The maximum Gasteiger partial charge on any atom is 0.145 e. The summed E-state index contributed by atoms with van der Waals surface area (Å²) < 4.78 is 11.4. The molecule has 1 aliphatic heterocycles. The van der Waals surface area contributed by atoms with Gasteiger partial charge in [-0.15, -0.1) is 11.3 Å². The summed E-state index contributed by atoms with van der Waals surface area (Å²) in [6.07, 6.45) is 0.825. The molecule has 0 saturated carbocycles. The highest BCUT2D eigenvalue weighted by atomic mass is 35.5. The number of thiazole rings is 1. The van der Waals surface area contributed by atoms with Crippen LogP contribution in [0.5, 0.6) is 0 Å². The van der Waals surface area contributed by atoms with E-state index in [0.29, 0.717) is 22.8 Å². The van der Waals surface area contributed by atoms with E-state index in [4.69, 9.17) is 20.8 Å². The molecule has 0 bridgehead atoms. The zero-order chi connectivity index (χ0) is 21.3. The van der Waals surface area contributed by atoms with Crippen molar-refractivity contribution in [3.63, 3.8) is 0 Å². The fourth-order valence-electron chi connectivity index (χ4n) is 3.52. The van der Waals surface area contributed by atoms with Gasteiger partial charge in [0.05, 0.1) is 22.3 Å². The van der Waals surface area contributed by atoms with Gasteiger partial charge >= 0.3 is 0 Å². The van der Waals surface area contributed by atoms with E-state index in [0.717, 1.165) is 21.2 Å². The minimum atomic E-state index is -1.28. The van der Waals surface area contributed by atoms with E-state index < -0.39 is 30.5 Å². The molecule has 0 aliphatic carbocycles. The van der Waals surface area contributed by atoms with Crippen molar-refractivity contribution in [2.75, 3.05) is 12.0 Å². The Hall–Kier alpha value is -1.39. The summed E-state index contributed by atoms with van der Waals surface area (Å²) >= 11 is 9.45. The Morgan fingerprint density at radius 2 is 2.00 bits per heavy atom. The molecule has 30 heavy (non-hydrogen) atoms. The first kappa shape index (κ1) is 21.8. The predicted octanol–water partition coefficient (Wildman–Crippen LogP) is 3.53. The van der Waals surface area contributed by atoms with Crippen molar-refractivity contribution in [1.82, 2.24) is 4.98 Å². The van der Waals surface area contributed by atoms with E-state index in [2.05, 4.69) is 4.98 Å². The van der Waals surface area contributed by atoms with Crippen molar-refractivity contribution in [2.45, 2.75) is 36.9 Å². The number of nitrogens with zero attached hydrogens (tertiary/aromatic N) is 1. The number of aliphatic hydroxyl groups is 3. The molecule has 1 fully saturated rings. The third-order valence-electron chi connectivity index (χ3n) is 5.10. The fraction of sp³-hybridized carbons (Fsp3) is 0.381. The lowest BCUT2D eigenvalue weighted by atomic mass is 9.90. The average molecular weight is 468 g/mol. The van der Waals surface area contributed by atoms with Crippen LogP contribution in [0.1, 0.15) is 22.2 Å². The van der Waals surface area contributed by atoms with Gasteiger partial charge in [0.25, 0.3) is 0 Å². The van der Waals surface area contributed by atoms with Gasteiger partial charge in [-0.05, 0) is 35.6 Å². The number of hydrogen-bond donors (Lipinski definition) is 3. The predicted molar refractivity (Wildman–Crippen MR) is 118 cm³/mol. The Morgan fingerprint density at radius 3 is 2.73 bits per heavy atom. The van der Waals surface area contributed by atoms with Crippen LogP contribution in [0.2, 0.25) is 5.02 Å². The topological polar surface area (TPSA) is 96.0 Å². The van der Waals surface area contributed by atoms with Gasteiger partial charge in [0.1, 0.15) is 30.2 Å². The number of aliphatic hydroxyl groups excluding tert-OH is 3. The van der Waals surface area contributed by atoms with Crippen LogP contribution in [-0.4, -0.2) is 56.7 Å². The molecule has 3 heterocycles. The van der Waals surface area contributed by atoms with Crippen LogP contribution in [0, 0.1) is 0 Å². The summed E-state index contributed by atoms with van der Waals surface area (Å²) in [4.78, 5) is 5.40. The van der Waals surface area contributed by atoms with Crippen LogP contribution in [0.4, 0.5) is 0 Å². The maximum atomic E-state index is 10.5. The summed E-state index contributed by atoms with van der Waals surface area (Å²) in [5, 5.41) is 32.5. The smallest absolute Gasteiger partial charge is 0.145 e. The molecule has 6 nitrogen and oxygen atoms in total. The number of furan rings is 1. The first-order valence-electron chi connectivity index (χ1n) is 9.43. The minimum Gasteiger partial charge on any atom is -0.463 e. The number of benzene rings is 1. The van der Waals surface area contributed by atoms with Gasteiger partial charge < -0.3 is 24.5 Å². The molecular formula is C21H22ClNO5S2. The van der Waals surface area contributed by atoms with Gasteiger partial charge in [0.2, 0.25) is 0 Å². The lowest BCUT2D eigenvalue weighted by Gasteiger charge is -2.41. The van der Waals surface area contributed by atoms with Gasteiger partial charge in [0, 0.05) is 23.4 Å². The molecule has 1 aliphatic rings. The van der Waals surface area contributed by atoms with Crippen molar-refractivity contribution < 1.29 is 24.5 Å². The van der Waals surface area contributed by atoms with Crippen LogP contribution in [0.25, 0.3) is 10.6 Å². The quantitative estimate of drug-likeness (QED) is 0.510. The molecule has 9 heteroatoms. The molecule has 1 saturated heterocycles. The Kier molecular flexibility index (Phi) is 6.84. The summed E-state index contributed by atoms with van der Waals surface area (Å²) in [5.74, 6) is 1.28. The molecule has 3 aromatic rings. The highest BCUT2D eigenvalue weighted by Crippen LogP contribution is 2.36. The third kappa shape index (κ3) is 4.45. The van der Waals surface area contributed by atoms with E-state index in [1.54, 1.807) is 24.6 Å². The molecule has 160 valence electrons. The highest BCUT2D eigenvalue weighted by molar-refractivity contribution is 7.98. The second kappa shape index (κ2) is 9.40. The number of thioether (sulfide) groups is 1. The summed E-state index contributed by atoms with van der Waals surface area (Å²) in [7, 11) is 0. The third-order valence-corrected chi connectivity index (χ3v) is 7.14. The van der Waals surface area contributed by atoms with Crippen molar-refractivity contribution in [1.29, 1.82) is 0 Å². The molecule has 3 N–H and O–H groups in total. The van der Waals surface area contributed by atoms with Crippen molar-refractivity contribution in [2.24, 2.45) is 0 Å². The molecule has 0 spiro atoms. The van der Waals surface area contributed by atoms with Crippen molar-refractivity contribution in [3.05, 3.63) is 63.9 Å². The highest BCUT2D eigenvalue weighted by Gasteiger charge is 2.44. The second-order valence-corrected chi connectivity index (χ2v) is 9.58. The first-order valence-corrected chi connectivity index (χ1v) is 12.0. The molecule has 5 atom stereocenters. The second-order valence-electron chi connectivity index (χ2n) is 7.15. The zero-order valence-electron chi connectivity index (χ0n) is 16.1. The number of aromatic nitrogens is 1. The number of rotatable bonds is 6. The van der Waals surface area contributed by atoms with E-state index in [-0.39, 0.29) is 0 Å². The van der Waals surface area contributed by atoms with Crippen LogP contribution >= 0.6 is 34.7 Å². The average Bonchev–Trinajstić information content (AvgIpc) is 3.42.